The summed E-state index contributed by atoms with van der Waals surface area (Å²) in [4.78, 5) is 4.33. The molecule has 0 radical (unpaired) electrons. The summed E-state index contributed by atoms with van der Waals surface area (Å²) in [5, 5.41) is 0. The van der Waals surface area contributed by atoms with E-state index < -0.39 is 0 Å². The van der Waals surface area contributed by atoms with Crippen molar-refractivity contribution < 1.29 is 0 Å². The van der Waals surface area contributed by atoms with Crippen LogP contribution in [-0.4, -0.2) is 43.2 Å². The van der Waals surface area contributed by atoms with E-state index in [9.17, 15) is 0 Å². The number of rotatable bonds is 0. The van der Waals surface area contributed by atoms with Crippen LogP contribution in [0.2, 0.25) is 0 Å². The lowest BCUT2D eigenvalue weighted by molar-refractivity contribution is 0.248. The highest BCUT2D eigenvalue weighted by Gasteiger charge is 2.23. The molecule has 0 aromatic rings. The van der Waals surface area contributed by atoms with Crippen LogP contribution in [0.15, 0.2) is 0 Å². The van der Waals surface area contributed by atoms with E-state index in [-0.39, 0.29) is 6.17 Å². The molecule has 0 atom stereocenters. The van der Waals surface area contributed by atoms with E-state index in [4.69, 9.17) is 6.42 Å². The fourth-order valence-corrected chi connectivity index (χ4v) is 1.15. The van der Waals surface area contributed by atoms with Crippen LogP contribution < -0.4 is 0 Å². The Hall–Kier alpha value is -0.520. The standard InChI is InChI=1S/C7H12N2/c1-4-7-8(2)5-6-9(7)3/h1,7H,5-6H2,2-3H3. The van der Waals surface area contributed by atoms with Crippen molar-refractivity contribution in [3.05, 3.63) is 0 Å². The van der Waals surface area contributed by atoms with Gasteiger partial charge in [0, 0.05) is 13.1 Å². The van der Waals surface area contributed by atoms with Crippen LogP contribution in [0.25, 0.3) is 0 Å². The van der Waals surface area contributed by atoms with Gasteiger partial charge >= 0.3 is 0 Å². The second kappa shape index (κ2) is 2.38. The summed E-state index contributed by atoms with van der Waals surface area (Å²) in [6.45, 7) is 2.18. The van der Waals surface area contributed by atoms with E-state index in [0.717, 1.165) is 13.1 Å². The van der Waals surface area contributed by atoms with Gasteiger partial charge in [-0.1, -0.05) is 5.92 Å². The largest absolute Gasteiger partial charge is 0.280 e. The molecule has 1 fully saturated rings. The Labute approximate surface area is 56.4 Å². The van der Waals surface area contributed by atoms with Crippen LogP contribution in [0.3, 0.4) is 0 Å². The van der Waals surface area contributed by atoms with Crippen molar-refractivity contribution in [3.63, 3.8) is 0 Å². The molecule has 0 aliphatic carbocycles. The lowest BCUT2D eigenvalue weighted by atomic mass is 10.5. The molecule has 2 nitrogen and oxygen atoms in total. The van der Waals surface area contributed by atoms with Crippen molar-refractivity contribution in [1.82, 2.24) is 9.80 Å². The quantitative estimate of drug-likeness (QED) is 0.413. The predicted molar refractivity (Wildman–Crippen MR) is 37.9 cm³/mol. The van der Waals surface area contributed by atoms with Gasteiger partial charge in [-0.3, -0.25) is 9.80 Å². The second-order valence-corrected chi connectivity index (χ2v) is 2.50. The maximum Gasteiger partial charge on any atom is 0.125 e. The predicted octanol–water partition coefficient (Wildman–Crippen LogP) is -0.177. The minimum Gasteiger partial charge on any atom is -0.280 e. The van der Waals surface area contributed by atoms with E-state index >= 15 is 0 Å². The molecule has 1 rings (SSSR count). The third-order valence-corrected chi connectivity index (χ3v) is 1.79. The Morgan fingerprint density at radius 1 is 1.33 bits per heavy atom. The van der Waals surface area contributed by atoms with Gasteiger partial charge in [0.1, 0.15) is 6.17 Å². The zero-order valence-electron chi connectivity index (χ0n) is 5.96. The fraction of sp³-hybridized carbons (Fsp3) is 0.714. The Balaban J connectivity index is 2.57. The van der Waals surface area contributed by atoms with Gasteiger partial charge in [-0.15, -0.1) is 6.42 Å². The van der Waals surface area contributed by atoms with Crippen LogP contribution in [0.5, 0.6) is 0 Å². The summed E-state index contributed by atoms with van der Waals surface area (Å²) in [6.07, 6.45) is 5.51. The zero-order chi connectivity index (χ0) is 6.85. The monoisotopic (exact) mass is 124 g/mol. The van der Waals surface area contributed by atoms with Gasteiger partial charge in [-0.05, 0) is 14.1 Å². The molecule has 50 valence electrons. The van der Waals surface area contributed by atoms with Crippen LogP contribution in [0.4, 0.5) is 0 Å². The summed E-state index contributed by atoms with van der Waals surface area (Å²) in [5.41, 5.74) is 0. The van der Waals surface area contributed by atoms with E-state index in [0.29, 0.717) is 0 Å². The molecule has 0 N–H and O–H groups in total. The number of nitrogens with zero attached hydrogens (tertiary/aromatic N) is 2. The molecule has 0 amide bonds. The maximum absolute atomic E-state index is 5.28. The number of hydrogen-bond donors (Lipinski definition) is 0. The Morgan fingerprint density at radius 2 is 1.78 bits per heavy atom. The van der Waals surface area contributed by atoms with E-state index in [1.165, 1.54) is 0 Å². The van der Waals surface area contributed by atoms with Crippen LogP contribution in [0.1, 0.15) is 0 Å². The molecular weight excluding hydrogens is 112 g/mol. The van der Waals surface area contributed by atoms with Crippen molar-refractivity contribution >= 4 is 0 Å². The summed E-state index contributed by atoms with van der Waals surface area (Å²) in [6, 6.07) is 0. The molecule has 9 heavy (non-hydrogen) atoms. The first-order valence-corrected chi connectivity index (χ1v) is 3.12. The fourth-order valence-electron chi connectivity index (χ4n) is 1.15. The molecule has 0 aromatic carbocycles. The first-order valence-electron chi connectivity index (χ1n) is 3.12. The highest BCUT2D eigenvalue weighted by molar-refractivity contribution is 5.01. The van der Waals surface area contributed by atoms with E-state index in [1.807, 2.05) is 14.1 Å². The normalized spacial score (nSPS) is 24.6. The number of likely N-dealkylation sites (N-methyl/N-ethyl adjacent to an activating group) is 2. The van der Waals surface area contributed by atoms with Crippen molar-refractivity contribution in [2.75, 3.05) is 27.2 Å². The highest BCUT2D eigenvalue weighted by atomic mass is 15.4. The van der Waals surface area contributed by atoms with Crippen molar-refractivity contribution in [2.45, 2.75) is 6.17 Å². The first-order chi connectivity index (χ1) is 4.25. The second-order valence-electron chi connectivity index (χ2n) is 2.50. The molecule has 2 heteroatoms. The van der Waals surface area contributed by atoms with Crippen molar-refractivity contribution in [3.8, 4) is 12.3 Å². The topological polar surface area (TPSA) is 6.48 Å². The Kier molecular flexibility index (Phi) is 1.75. The molecule has 1 heterocycles. The molecule has 0 aromatic heterocycles. The Bertz CT molecular complexity index is 126. The molecular formula is C7H12N2. The third kappa shape index (κ3) is 1.07. The van der Waals surface area contributed by atoms with Gasteiger partial charge in [-0.2, -0.15) is 0 Å². The minimum atomic E-state index is 0.227. The van der Waals surface area contributed by atoms with Gasteiger partial charge in [0.25, 0.3) is 0 Å². The zero-order valence-corrected chi connectivity index (χ0v) is 5.96. The molecule has 0 bridgehead atoms. The smallest absolute Gasteiger partial charge is 0.125 e. The van der Waals surface area contributed by atoms with E-state index in [1.54, 1.807) is 0 Å². The lowest BCUT2D eigenvalue weighted by Gasteiger charge is -2.17. The average molecular weight is 124 g/mol. The van der Waals surface area contributed by atoms with Crippen molar-refractivity contribution in [2.24, 2.45) is 0 Å². The highest BCUT2D eigenvalue weighted by Crippen LogP contribution is 2.07. The third-order valence-electron chi connectivity index (χ3n) is 1.79. The number of terminal acetylenes is 1. The van der Waals surface area contributed by atoms with Crippen molar-refractivity contribution in [1.29, 1.82) is 0 Å². The SMILES string of the molecule is C#CC1N(C)CCN1C. The molecule has 0 spiro atoms. The average Bonchev–Trinajstić information content (AvgIpc) is 2.12. The lowest BCUT2D eigenvalue weighted by Crippen LogP contribution is -2.32. The summed E-state index contributed by atoms with van der Waals surface area (Å²) >= 11 is 0. The summed E-state index contributed by atoms with van der Waals surface area (Å²) < 4.78 is 0. The summed E-state index contributed by atoms with van der Waals surface area (Å²) in [7, 11) is 4.10. The van der Waals surface area contributed by atoms with Crippen LogP contribution in [-0.2, 0) is 0 Å². The van der Waals surface area contributed by atoms with Crippen LogP contribution in [0, 0.1) is 12.3 Å². The van der Waals surface area contributed by atoms with Gasteiger partial charge < -0.3 is 0 Å². The van der Waals surface area contributed by atoms with Crippen LogP contribution >= 0.6 is 0 Å². The minimum absolute atomic E-state index is 0.227. The molecule has 1 saturated heterocycles. The van der Waals surface area contributed by atoms with Gasteiger partial charge in [0.2, 0.25) is 0 Å². The maximum atomic E-state index is 5.28. The Morgan fingerprint density at radius 3 is 2.00 bits per heavy atom. The van der Waals surface area contributed by atoms with E-state index in [2.05, 4.69) is 15.7 Å². The van der Waals surface area contributed by atoms with Gasteiger partial charge in [-0.25, -0.2) is 0 Å². The molecule has 0 saturated carbocycles. The molecule has 1 aliphatic rings. The number of hydrogen-bond acceptors (Lipinski definition) is 2. The molecule has 1 aliphatic heterocycles. The molecule has 0 unspecified atom stereocenters. The van der Waals surface area contributed by atoms with Gasteiger partial charge in [0.05, 0.1) is 0 Å². The van der Waals surface area contributed by atoms with Gasteiger partial charge in [0.15, 0.2) is 0 Å². The first kappa shape index (κ1) is 6.60. The summed E-state index contributed by atoms with van der Waals surface area (Å²) in [5.74, 6) is 2.72.